The van der Waals surface area contributed by atoms with E-state index < -0.39 is 11.8 Å². The lowest BCUT2D eigenvalue weighted by Crippen LogP contribution is -2.29. The molecule has 2 rings (SSSR count). The number of ether oxygens (including phenoxy) is 4. The maximum Gasteiger partial charge on any atom is 0.341 e. The fraction of sp³-hybridized carbons (Fsp3) is 0.611. The van der Waals surface area contributed by atoms with Gasteiger partial charge in [0.05, 0.1) is 25.3 Å². The molecular formula is C18H26O5. The van der Waals surface area contributed by atoms with E-state index in [1.54, 1.807) is 33.5 Å². The summed E-state index contributed by atoms with van der Waals surface area (Å²) in [5, 5.41) is 0. The smallest absolute Gasteiger partial charge is 0.341 e. The molecular weight excluding hydrogens is 296 g/mol. The lowest BCUT2D eigenvalue weighted by molar-refractivity contribution is -0.192. The second kappa shape index (κ2) is 7.68. The predicted octanol–water partition coefficient (Wildman–Crippen LogP) is 4.03. The molecule has 0 bridgehead atoms. The Morgan fingerprint density at radius 1 is 1.04 bits per heavy atom. The summed E-state index contributed by atoms with van der Waals surface area (Å²) in [6.07, 6.45) is 6.23. The van der Waals surface area contributed by atoms with Crippen LogP contribution in [0.1, 0.15) is 61.4 Å². The van der Waals surface area contributed by atoms with E-state index in [2.05, 4.69) is 6.92 Å². The molecule has 128 valence electrons. The van der Waals surface area contributed by atoms with Crippen molar-refractivity contribution in [1.82, 2.24) is 0 Å². The number of carbonyl (C=O) groups is 1. The Balaban J connectivity index is 2.29. The molecule has 1 heterocycles. The fourth-order valence-corrected chi connectivity index (χ4v) is 3.06. The number of cyclic esters (lactones) is 1. The molecule has 0 amide bonds. The molecule has 1 atom stereocenters. The number of hydrogen-bond acceptors (Lipinski definition) is 5. The number of carbonyl (C=O) groups excluding carboxylic acids is 1. The number of unbranched alkanes of at least 4 members (excludes halogenated alkanes) is 4. The highest BCUT2D eigenvalue weighted by Crippen LogP contribution is 2.47. The maximum absolute atomic E-state index is 12.3. The van der Waals surface area contributed by atoms with Gasteiger partial charge in [-0.2, -0.15) is 0 Å². The van der Waals surface area contributed by atoms with E-state index in [0.717, 1.165) is 12.8 Å². The van der Waals surface area contributed by atoms with Crippen LogP contribution in [0, 0.1) is 0 Å². The van der Waals surface area contributed by atoms with Gasteiger partial charge < -0.3 is 18.9 Å². The average molecular weight is 322 g/mol. The van der Waals surface area contributed by atoms with Crippen LogP contribution in [0.15, 0.2) is 12.1 Å². The van der Waals surface area contributed by atoms with E-state index in [1.807, 2.05) is 0 Å². The number of fused-ring (bicyclic) bond motifs is 1. The van der Waals surface area contributed by atoms with Gasteiger partial charge in [-0.05, 0) is 12.5 Å². The Morgan fingerprint density at radius 2 is 1.78 bits per heavy atom. The van der Waals surface area contributed by atoms with Crippen LogP contribution in [-0.2, 0) is 15.3 Å². The minimum atomic E-state index is -1.06. The van der Waals surface area contributed by atoms with Crippen molar-refractivity contribution in [1.29, 1.82) is 0 Å². The van der Waals surface area contributed by atoms with Gasteiger partial charge in [0.2, 0.25) is 5.79 Å². The molecule has 0 fully saturated rings. The highest BCUT2D eigenvalue weighted by atomic mass is 16.7. The van der Waals surface area contributed by atoms with Crippen LogP contribution in [-0.4, -0.2) is 27.3 Å². The zero-order valence-corrected chi connectivity index (χ0v) is 14.4. The SMILES string of the molecule is CCCCCCCC1(OC)OC(=O)c2cc(OC)cc(OC)c21. The Bertz CT molecular complexity index is 555. The zero-order valence-electron chi connectivity index (χ0n) is 14.4. The van der Waals surface area contributed by atoms with E-state index in [-0.39, 0.29) is 0 Å². The first-order valence-corrected chi connectivity index (χ1v) is 8.16. The molecule has 5 heteroatoms. The van der Waals surface area contributed by atoms with Gasteiger partial charge in [-0.1, -0.05) is 32.6 Å². The summed E-state index contributed by atoms with van der Waals surface area (Å²) in [5.41, 5.74) is 1.13. The number of rotatable bonds is 9. The Hall–Kier alpha value is -1.75. The molecule has 0 saturated heterocycles. The van der Waals surface area contributed by atoms with Crippen LogP contribution < -0.4 is 9.47 Å². The van der Waals surface area contributed by atoms with Crippen LogP contribution >= 0.6 is 0 Å². The highest BCUT2D eigenvalue weighted by Gasteiger charge is 2.48. The maximum atomic E-state index is 12.3. The van der Waals surface area contributed by atoms with E-state index in [9.17, 15) is 4.79 Å². The van der Waals surface area contributed by atoms with Crippen LogP contribution in [0.4, 0.5) is 0 Å². The van der Waals surface area contributed by atoms with E-state index in [0.29, 0.717) is 29.0 Å². The Morgan fingerprint density at radius 3 is 2.39 bits per heavy atom. The third-order valence-corrected chi connectivity index (χ3v) is 4.33. The summed E-state index contributed by atoms with van der Waals surface area (Å²) in [4.78, 5) is 12.3. The van der Waals surface area contributed by atoms with Crippen LogP contribution in [0.3, 0.4) is 0 Å². The zero-order chi connectivity index (χ0) is 16.9. The number of hydrogen-bond donors (Lipinski definition) is 0. The lowest BCUT2D eigenvalue weighted by Gasteiger charge is -2.28. The Kier molecular flexibility index (Phi) is 5.88. The molecule has 0 aromatic heterocycles. The summed E-state index contributed by atoms with van der Waals surface area (Å²) < 4.78 is 22.0. The topological polar surface area (TPSA) is 54.0 Å². The number of methoxy groups -OCH3 is 3. The van der Waals surface area contributed by atoms with Crippen LogP contribution in [0.5, 0.6) is 11.5 Å². The number of esters is 1. The molecule has 1 aliphatic heterocycles. The third-order valence-electron chi connectivity index (χ3n) is 4.33. The molecule has 0 spiro atoms. The van der Waals surface area contributed by atoms with E-state index in [4.69, 9.17) is 18.9 Å². The minimum Gasteiger partial charge on any atom is -0.497 e. The van der Waals surface area contributed by atoms with Crippen molar-refractivity contribution in [3.63, 3.8) is 0 Å². The molecule has 1 unspecified atom stereocenters. The van der Waals surface area contributed by atoms with Crippen LogP contribution in [0.2, 0.25) is 0 Å². The normalized spacial score (nSPS) is 19.4. The predicted molar refractivity (Wildman–Crippen MR) is 87.0 cm³/mol. The second-order valence-electron chi connectivity index (χ2n) is 5.76. The standard InChI is InChI=1S/C18H26O5/c1-5-6-7-8-9-10-18(22-4)16-14(17(19)23-18)11-13(20-2)12-15(16)21-3/h11-12H,5-10H2,1-4H3. The minimum absolute atomic E-state index is 0.396. The summed E-state index contributed by atoms with van der Waals surface area (Å²) >= 11 is 0. The van der Waals surface area contributed by atoms with E-state index >= 15 is 0 Å². The van der Waals surface area contributed by atoms with Crippen molar-refractivity contribution in [2.75, 3.05) is 21.3 Å². The van der Waals surface area contributed by atoms with E-state index in [1.165, 1.54) is 19.3 Å². The largest absolute Gasteiger partial charge is 0.497 e. The average Bonchev–Trinajstić information content (AvgIpc) is 2.87. The monoisotopic (exact) mass is 322 g/mol. The van der Waals surface area contributed by atoms with Crippen molar-refractivity contribution in [2.45, 2.75) is 51.2 Å². The van der Waals surface area contributed by atoms with Crippen molar-refractivity contribution in [3.8, 4) is 11.5 Å². The second-order valence-corrected chi connectivity index (χ2v) is 5.76. The van der Waals surface area contributed by atoms with Gasteiger partial charge in [0.15, 0.2) is 0 Å². The molecule has 0 N–H and O–H groups in total. The molecule has 23 heavy (non-hydrogen) atoms. The van der Waals surface area contributed by atoms with Gasteiger partial charge in [0.1, 0.15) is 11.5 Å². The van der Waals surface area contributed by atoms with Gasteiger partial charge in [-0.25, -0.2) is 4.79 Å². The quantitative estimate of drug-likeness (QED) is 0.507. The molecule has 1 aromatic carbocycles. The first-order chi connectivity index (χ1) is 11.1. The summed E-state index contributed by atoms with van der Waals surface area (Å²) in [5.74, 6) is -0.336. The fourth-order valence-electron chi connectivity index (χ4n) is 3.06. The summed E-state index contributed by atoms with van der Waals surface area (Å²) in [6, 6.07) is 3.43. The van der Waals surface area contributed by atoms with Crippen molar-refractivity contribution in [2.24, 2.45) is 0 Å². The lowest BCUT2D eigenvalue weighted by atomic mass is 9.95. The first kappa shape index (κ1) is 17.6. The van der Waals surface area contributed by atoms with Gasteiger partial charge in [0, 0.05) is 19.6 Å². The molecule has 1 aliphatic rings. The summed E-state index contributed by atoms with van der Waals surface area (Å²) in [6.45, 7) is 2.18. The highest BCUT2D eigenvalue weighted by molar-refractivity contribution is 5.96. The van der Waals surface area contributed by atoms with Crippen molar-refractivity contribution < 1.29 is 23.7 Å². The first-order valence-electron chi connectivity index (χ1n) is 8.16. The number of benzene rings is 1. The van der Waals surface area contributed by atoms with Gasteiger partial charge >= 0.3 is 5.97 Å². The molecule has 1 aromatic rings. The van der Waals surface area contributed by atoms with Gasteiger partial charge in [-0.15, -0.1) is 0 Å². The Labute approximate surface area is 137 Å². The molecule has 5 nitrogen and oxygen atoms in total. The van der Waals surface area contributed by atoms with Crippen molar-refractivity contribution >= 4 is 5.97 Å². The molecule has 0 saturated carbocycles. The third kappa shape index (κ3) is 3.44. The van der Waals surface area contributed by atoms with Gasteiger partial charge in [0.25, 0.3) is 0 Å². The van der Waals surface area contributed by atoms with Crippen LogP contribution in [0.25, 0.3) is 0 Å². The molecule has 0 aliphatic carbocycles. The summed E-state index contributed by atoms with van der Waals surface area (Å²) in [7, 11) is 4.69. The van der Waals surface area contributed by atoms with Gasteiger partial charge in [-0.3, -0.25) is 0 Å². The molecule has 0 radical (unpaired) electrons. The van der Waals surface area contributed by atoms with Crippen molar-refractivity contribution in [3.05, 3.63) is 23.3 Å².